The molecule has 1 N–H and O–H groups in total. The zero-order valence-corrected chi connectivity index (χ0v) is 9.78. The van der Waals surface area contributed by atoms with Crippen LogP contribution in [-0.4, -0.2) is 14.4 Å². The molecule has 13 heavy (non-hydrogen) atoms. The van der Waals surface area contributed by atoms with Crippen molar-refractivity contribution in [3.63, 3.8) is 0 Å². The van der Waals surface area contributed by atoms with Gasteiger partial charge in [0.1, 0.15) is 0 Å². The molecule has 1 aromatic heterocycles. The van der Waals surface area contributed by atoms with Gasteiger partial charge in [-0.1, -0.05) is 41.6 Å². The van der Waals surface area contributed by atoms with E-state index in [1.807, 2.05) is 24.3 Å². The van der Waals surface area contributed by atoms with Crippen molar-refractivity contribution in [2.24, 2.45) is 0 Å². The lowest BCUT2D eigenvalue weighted by atomic mass is 10.3. The smallest absolute Gasteiger partial charge is 0.0931 e. The largest absolute Gasteiger partial charge is 0.345 e. The minimum atomic E-state index is 1.03. The molecule has 0 radical (unpaired) electrons. The van der Waals surface area contributed by atoms with Gasteiger partial charge in [0.05, 0.1) is 17.4 Å². The molecule has 0 unspecified atom stereocenters. The van der Waals surface area contributed by atoms with E-state index >= 15 is 0 Å². The van der Waals surface area contributed by atoms with Crippen LogP contribution >= 0.6 is 22.6 Å². The molecule has 0 aliphatic carbocycles. The monoisotopic (exact) mass is 288 g/mol. The van der Waals surface area contributed by atoms with Crippen LogP contribution in [0.3, 0.4) is 0 Å². The molecule has 1 heterocycles. The number of hydrogen-bond acceptors (Lipinski definition) is 1. The van der Waals surface area contributed by atoms with Crippen molar-refractivity contribution in [2.75, 3.05) is 4.43 Å². The molecule has 1 aromatic carbocycles. The van der Waals surface area contributed by atoms with E-state index in [2.05, 4.69) is 39.5 Å². The number of nitrogens with zero attached hydrogens (tertiary/aromatic N) is 1. The highest BCUT2D eigenvalue weighted by Gasteiger charge is 1.88. The Morgan fingerprint density at radius 1 is 1.38 bits per heavy atom. The molecule has 2 rings (SSSR count). The van der Waals surface area contributed by atoms with E-state index in [0.29, 0.717) is 0 Å². The molecular formula is C10H13IN2. The Hall–Kier alpha value is -0.580. The summed E-state index contributed by atoms with van der Waals surface area (Å²) < 4.78 is 1.29. The van der Waals surface area contributed by atoms with Crippen molar-refractivity contribution in [1.82, 2.24) is 9.97 Å². The lowest BCUT2D eigenvalue weighted by Crippen LogP contribution is -1.63. The first-order chi connectivity index (χ1) is 6.38. The van der Waals surface area contributed by atoms with Crippen LogP contribution in [0.1, 0.15) is 13.3 Å². The maximum absolute atomic E-state index is 4.06. The SMILES string of the molecule is CCCI.c1ccc2[nH]cnc2c1. The second-order valence-corrected chi connectivity index (χ2v) is 3.69. The van der Waals surface area contributed by atoms with Gasteiger partial charge in [0.15, 0.2) is 0 Å². The number of rotatable bonds is 1. The van der Waals surface area contributed by atoms with Gasteiger partial charge in [-0.15, -0.1) is 0 Å². The fourth-order valence-electron chi connectivity index (χ4n) is 0.880. The van der Waals surface area contributed by atoms with Crippen LogP contribution in [0.4, 0.5) is 0 Å². The number of fused-ring (bicyclic) bond motifs is 1. The van der Waals surface area contributed by atoms with Crippen molar-refractivity contribution in [3.8, 4) is 0 Å². The van der Waals surface area contributed by atoms with Crippen LogP contribution in [0.15, 0.2) is 30.6 Å². The van der Waals surface area contributed by atoms with E-state index in [4.69, 9.17) is 0 Å². The van der Waals surface area contributed by atoms with Gasteiger partial charge in [0.2, 0.25) is 0 Å². The third-order valence-corrected chi connectivity index (χ3v) is 2.60. The second-order valence-electron chi connectivity index (χ2n) is 2.61. The standard InChI is InChI=1S/C7H6N2.C3H7I/c1-2-4-7-6(3-1)8-5-9-7;1-2-3-4/h1-5H,(H,8,9);2-3H2,1H3. The summed E-state index contributed by atoms with van der Waals surface area (Å²) in [6.45, 7) is 2.17. The summed E-state index contributed by atoms with van der Waals surface area (Å²) in [5, 5.41) is 0. The Bertz CT molecular complexity index is 311. The average Bonchev–Trinajstić information content (AvgIpc) is 2.66. The first kappa shape index (κ1) is 10.5. The lowest BCUT2D eigenvalue weighted by molar-refractivity contribution is 1.13. The van der Waals surface area contributed by atoms with E-state index < -0.39 is 0 Å². The number of aromatic nitrogens is 2. The van der Waals surface area contributed by atoms with Crippen molar-refractivity contribution < 1.29 is 0 Å². The minimum absolute atomic E-state index is 1.03. The zero-order chi connectivity index (χ0) is 9.52. The molecule has 0 aliphatic rings. The number of aromatic amines is 1. The lowest BCUT2D eigenvalue weighted by Gasteiger charge is -1.81. The number of halogens is 1. The summed E-state index contributed by atoms with van der Waals surface area (Å²) in [5.41, 5.74) is 2.12. The first-order valence-electron chi connectivity index (χ1n) is 4.32. The van der Waals surface area contributed by atoms with Crippen LogP contribution in [0.5, 0.6) is 0 Å². The second kappa shape index (κ2) is 5.96. The molecule has 0 aliphatic heterocycles. The normalized spacial score (nSPS) is 9.38. The Morgan fingerprint density at radius 2 is 2.08 bits per heavy atom. The van der Waals surface area contributed by atoms with Crippen molar-refractivity contribution >= 4 is 33.6 Å². The molecule has 0 saturated carbocycles. The van der Waals surface area contributed by atoms with Crippen LogP contribution in [0, 0.1) is 0 Å². The number of imidazole rings is 1. The number of nitrogens with one attached hydrogen (secondary N) is 1. The van der Waals surface area contributed by atoms with Gasteiger partial charge in [-0.3, -0.25) is 0 Å². The van der Waals surface area contributed by atoms with Gasteiger partial charge < -0.3 is 4.98 Å². The Balaban J connectivity index is 0.000000184. The molecule has 0 fully saturated rings. The van der Waals surface area contributed by atoms with Gasteiger partial charge in [-0.2, -0.15) is 0 Å². The third-order valence-electron chi connectivity index (χ3n) is 1.52. The van der Waals surface area contributed by atoms with E-state index in [-0.39, 0.29) is 0 Å². The van der Waals surface area contributed by atoms with Crippen molar-refractivity contribution in [1.29, 1.82) is 0 Å². The fourth-order valence-corrected chi connectivity index (χ4v) is 0.880. The molecule has 0 saturated heterocycles. The van der Waals surface area contributed by atoms with Crippen molar-refractivity contribution in [3.05, 3.63) is 30.6 Å². The van der Waals surface area contributed by atoms with Gasteiger partial charge in [-0.25, -0.2) is 4.98 Å². The summed E-state index contributed by atoms with van der Waals surface area (Å²) in [7, 11) is 0. The molecule has 3 heteroatoms. The number of alkyl halides is 1. The molecule has 2 aromatic rings. The number of H-pyrrole nitrogens is 1. The highest BCUT2D eigenvalue weighted by Crippen LogP contribution is 2.05. The average molecular weight is 288 g/mol. The van der Waals surface area contributed by atoms with Crippen LogP contribution in [0.2, 0.25) is 0 Å². The highest BCUT2D eigenvalue weighted by atomic mass is 127. The summed E-state index contributed by atoms with van der Waals surface area (Å²) >= 11 is 2.35. The molecule has 0 bridgehead atoms. The molecular weight excluding hydrogens is 275 g/mol. The highest BCUT2D eigenvalue weighted by molar-refractivity contribution is 14.1. The van der Waals surface area contributed by atoms with E-state index in [1.165, 1.54) is 10.8 Å². The maximum atomic E-state index is 4.06. The topological polar surface area (TPSA) is 28.7 Å². The predicted octanol–water partition coefficient (Wildman–Crippen LogP) is 3.39. The molecule has 0 amide bonds. The summed E-state index contributed by atoms with van der Waals surface area (Å²) in [4.78, 5) is 7.07. The van der Waals surface area contributed by atoms with Gasteiger partial charge in [0, 0.05) is 0 Å². The Morgan fingerprint density at radius 3 is 2.69 bits per heavy atom. The molecule has 70 valence electrons. The van der Waals surface area contributed by atoms with E-state index in [9.17, 15) is 0 Å². The number of para-hydroxylation sites is 2. The molecule has 2 nitrogen and oxygen atoms in total. The number of benzene rings is 1. The Labute approximate surface area is 91.9 Å². The number of hydrogen-bond donors (Lipinski definition) is 1. The van der Waals surface area contributed by atoms with Crippen LogP contribution < -0.4 is 0 Å². The summed E-state index contributed by atoms with van der Waals surface area (Å²) in [6, 6.07) is 7.94. The van der Waals surface area contributed by atoms with Gasteiger partial charge in [-0.05, 0) is 23.0 Å². The fraction of sp³-hybridized carbons (Fsp3) is 0.300. The van der Waals surface area contributed by atoms with Crippen molar-refractivity contribution in [2.45, 2.75) is 13.3 Å². The third kappa shape index (κ3) is 3.34. The first-order valence-corrected chi connectivity index (χ1v) is 5.85. The predicted molar refractivity (Wildman–Crippen MR) is 65.3 cm³/mol. The molecule has 0 spiro atoms. The summed E-state index contributed by atoms with van der Waals surface area (Å²) in [5.74, 6) is 0. The van der Waals surface area contributed by atoms with Crippen LogP contribution in [-0.2, 0) is 0 Å². The van der Waals surface area contributed by atoms with Gasteiger partial charge in [0.25, 0.3) is 0 Å². The quantitative estimate of drug-likeness (QED) is 0.632. The minimum Gasteiger partial charge on any atom is -0.345 e. The Kier molecular flexibility index (Phi) is 4.82. The van der Waals surface area contributed by atoms with E-state index in [0.717, 1.165) is 11.0 Å². The summed E-state index contributed by atoms with van der Waals surface area (Å²) in [6.07, 6.45) is 3.01. The van der Waals surface area contributed by atoms with Gasteiger partial charge >= 0.3 is 0 Å². The van der Waals surface area contributed by atoms with E-state index in [1.54, 1.807) is 6.33 Å². The maximum Gasteiger partial charge on any atom is 0.0931 e. The zero-order valence-electron chi connectivity index (χ0n) is 7.63. The van der Waals surface area contributed by atoms with Crippen LogP contribution in [0.25, 0.3) is 11.0 Å². The molecule has 0 atom stereocenters.